The summed E-state index contributed by atoms with van der Waals surface area (Å²) in [5.41, 5.74) is -0.592. The Morgan fingerprint density at radius 2 is 1.62 bits per heavy atom. The summed E-state index contributed by atoms with van der Waals surface area (Å²) in [5, 5.41) is 11.9. The van der Waals surface area contributed by atoms with Crippen molar-refractivity contribution in [3.05, 3.63) is 17.7 Å². The van der Waals surface area contributed by atoms with E-state index in [0.29, 0.717) is 22.8 Å². The van der Waals surface area contributed by atoms with Gasteiger partial charge in [-0.05, 0) is 25.0 Å². The van der Waals surface area contributed by atoms with Crippen LogP contribution in [-0.2, 0) is 4.79 Å². The van der Waals surface area contributed by atoms with E-state index in [4.69, 9.17) is 19.3 Å². The molecule has 7 heteroatoms. The lowest BCUT2D eigenvalue weighted by Crippen LogP contribution is -2.51. The van der Waals surface area contributed by atoms with Gasteiger partial charge in [0, 0.05) is 5.56 Å². The topological polar surface area (TPSA) is 94.1 Å². The summed E-state index contributed by atoms with van der Waals surface area (Å²) < 4.78 is 15.7. The highest BCUT2D eigenvalue weighted by molar-refractivity contribution is 5.96. The quantitative estimate of drug-likeness (QED) is 0.755. The van der Waals surface area contributed by atoms with E-state index in [9.17, 15) is 9.59 Å². The molecule has 1 rings (SSSR count). The van der Waals surface area contributed by atoms with Gasteiger partial charge in [-0.1, -0.05) is 13.8 Å². The van der Waals surface area contributed by atoms with Crippen molar-refractivity contribution in [2.24, 2.45) is 5.92 Å². The van der Waals surface area contributed by atoms with Crippen LogP contribution in [0.3, 0.4) is 0 Å². The van der Waals surface area contributed by atoms with Gasteiger partial charge in [0.05, 0.1) is 33.3 Å². The lowest BCUT2D eigenvalue weighted by Gasteiger charge is -2.33. The number of aliphatic carboxylic acids is 1. The summed E-state index contributed by atoms with van der Waals surface area (Å²) >= 11 is 0. The highest BCUT2D eigenvalue weighted by Crippen LogP contribution is 2.38. The van der Waals surface area contributed by atoms with Crippen LogP contribution in [0.25, 0.3) is 0 Å². The molecule has 0 aliphatic heterocycles. The zero-order chi connectivity index (χ0) is 18.5. The van der Waals surface area contributed by atoms with Crippen LogP contribution in [-0.4, -0.2) is 43.9 Å². The van der Waals surface area contributed by atoms with Crippen molar-refractivity contribution in [1.29, 1.82) is 0 Å². The van der Waals surface area contributed by atoms with Gasteiger partial charge in [0.25, 0.3) is 5.91 Å². The molecule has 0 heterocycles. The largest absolute Gasteiger partial charge is 0.493 e. The highest BCUT2D eigenvalue weighted by Gasteiger charge is 2.33. The first-order chi connectivity index (χ1) is 11.2. The molecule has 0 saturated heterocycles. The Hall–Kier alpha value is -2.44. The van der Waals surface area contributed by atoms with Crippen LogP contribution in [0.1, 0.15) is 37.6 Å². The number of benzene rings is 1. The van der Waals surface area contributed by atoms with Crippen LogP contribution >= 0.6 is 0 Å². The first-order valence-corrected chi connectivity index (χ1v) is 7.52. The minimum Gasteiger partial charge on any atom is -0.493 e. The predicted octanol–water partition coefficient (Wildman–Crippen LogP) is 2.33. The fourth-order valence-corrected chi connectivity index (χ4v) is 2.25. The van der Waals surface area contributed by atoms with Gasteiger partial charge in [-0.3, -0.25) is 9.59 Å². The SMILES string of the molecule is COc1cc(C(=O)NC(C)(CC(=O)O)C(C)C)cc(OC)c1OC. The number of ether oxygens (including phenoxy) is 3. The molecule has 0 aliphatic rings. The minimum atomic E-state index is -0.976. The van der Waals surface area contributed by atoms with Crippen molar-refractivity contribution in [1.82, 2.24) is 5.32 Å². The van der Waals surface area contributed by atoms with Crippen molar-refractivity contribution in [3.63, 3.8) is 0 Å². The Balaban J connectivity index is 3.21. The number of carboxylic acid groups (broad SMARTS) is 1. The molecule has 0 spiro atoms. The lowest BCUT2D eigenvalue weighted by atomic mass is 9.85. The molecule has 1 atom stereocenters. The molecule has 0 bridgehead atoms. The Morgan fingerprint density at radius 3 is 1.96 bits per heavy atom. The molecule has 0 saturated carbocycles. The summed E-state index contributed by atoms with van der Waals surface area (Å²) in [7, 11) is 4.39. The van der Waals surface area contributed by atoms with Crippen molar-refractivity contribution in [2.45, 2.75) is 32.7 Å². The number of carbonyl (C=O) groups is 2. The van der Waals surface area contributed by atoms with E-state index in [1.54, 1.807) is 6.92 Å². The molecular weight excluding hydrogens is 314 g/mol. The van der Waals surface area contributed by atoms with E-state index < -0.39 is 17.4 Å². The zero-order valence-corrected chi connectivity index (χ0v) is 14.9. The van der Waals surface area contributed by atoms with Crippen LogP contribution in [0.2, 0.25) is 0 Å². The Kier molecular flexibility index (Phi) is 6.45. The third-order valence-corrected chi connectivity index (χ3v) is 4.12. The standard InChI is InChI=1S/C17H25NO6/c1-10(2)17(3,9-14(19)20)18-16(21)11-7-12(22-4)15(24-6)13(8-11)23-5/h7-8,10H,9H2,1-6H3,(H,18,21)(H,19,20). The number of hydrogen-bond acceptors (Lipinski definition) is 5. The zero-order valence-electron chi connectivity index (χ0n) is 14.9. The number of nitrogens with one attached hydrogen (secondary N) is 1. The van der Waals surface area contributed by atoms with E-state index in [-0.39, 0.29) is 12.3 Å². The third-order valence-electron chi connectivity index (χ3n) is 4.12. The molecule has 1 aromatic rings. The molecule has 1 amide bonds. The van der Waals surface area contributed by atoms with E-state index in [2.05, 4.69) is 5.32 Å². The van der Waals surface area contributed by atoms with Gasteiger partial charge in [0.15, 0.2) is 11.5 Å². The molecular formula is C17H25NO6. The van der Waals surface area contributed by atoms with Crippen LogP contribution < -0.4 is 19.5 Å². The van der Waals surface area contributed by atoms with E-state index in [1.165, 1.54) is 33.5 Å². The summed E-state index contributed by atoms with van der Waals surface area (Å²) in [6.07, 6.45) is -0.180. The van der Waals surface area contributed by atoms with Gasteiger partial charge in [-0.2, -0.15) is 0 Å². The molecule has 2 N–H and O–H groups in total. The Bertz CT molecular complexity index is 588. The Morgan fingerprint density at radius 1 is 1.12 bits per heavy atom. The Labute approximate surface area is 141 Å². The van der Waals surface area contributed by atoms with Gasteiger partial charge in [-0.25, -0.2) is 0 Å². The van der Waals surface area contributed by atoms with E-state index >= 15 is 0 Å². The van der Waals surface area contributed by atoms with Crippen molar-refractivity contribution >= 4 is 11.9 Å². The lowest BCUT2D eigenvalue weighted by molar-refractivity contribution is -0.138. The molecule has 0 fully saturated rings. The summed E-state index contributed by atoms with van der Waals surface area (Å²) in [5.74, 6) is -0.366. The smallest absolute Gasteiger partial charge is 0.305 e. The fraction of sp³-hybridized carbons (Fsp3) is 0.529. The fourth-order valence-electron chi connectivity index (χ4n) is 2.25. The van der Waals surface area contributed by atoms with Crippen molar-refractivity contribution in [2.75, 3.05) is 21.3 Å². The number of carboxylic acids is 1. The minimum absolute atomic E-state index is 0.0698. The van der Waals surface area contributed by atoms with Gasteiger partial charge < -0.3 is 24.6 Å². The van der Waals surface area contributed by atoms with Crippen LogP contribution in [0.5, 0.6) is 17.2 Å². The van der Waals surface area contributed by atoms with Crippen LogP contribution in [0, 0.1) is 5.92 Å². The molecule has 7 nitrogen and oxygen atoms in total. The summed E-state index contributed by atoms with van der Waals surface area (Å²) in [6, 6.07) is 3.05. The van der Waals surface area contributed by atoms with Gasteiger partial charge >= 0.3 is 5.97 Å². The number of carbonyl (C=O) groups excluding carboxylic acids is 1. The highest BCUT2D eigenvalue weighted by atomic mass is 16.5. The first-order valence-electron chi connectivity index (χ1n) is 7.52. The van der Waals surface area contributed by atoms with E-state index in [1.807, 2.05) is 13.8 Å². The average molecular weight is 339 g/mol. The monoisotopic (exact) mass is 339 g/mol. The average Bonchev–Trinajstić information content (AvgIpc) is 2.52. The predicted molar refractivity (Wildman–Crippen MR) is 89.1 cm³/mol. The van der Waals surface area contributed by atoms with Crippen LogP contribution in [0.15, 0.2) is 12.1 Å². The molecule has 134 valence electrons. The molecule has 1 unspecified atom stereocenters. The molecule has 24 heavy (non-hydrogen) atoms. The molecule has 1 aromatic carbocycles. The van der Waals surface area contributed by atoms with Gasteiger partial charge in [0.2, 0.25) is 5.75 Å². The summed E-state index contributed by atoms with van der Waals surface area (Å²) in [4.78, 5) is 23.7. The number of amides is 1. The number of hydrogen-bond donors (Lipinski definition) is 2. The maximum Gasteiger partial charge on any atom is 0.305 e. The second kappa shape index (κ2) is 7.90. The second-order valence-corrected chi connectivity index (χ2v) is 6.01. The third kappa shape index (κ3) is 4.31. The number of methoxy groups -OCH3 is 3. The van der Waals surface area contributed by atoms with Crippen LogP contribution in [0.4, 0.5) is 0 Å². The van der Waals surface area contributed by atoms with E-state index in [0.717, 1.165) is 0 Å². The van der Waals surface area contributed by atoms with Crippen molar-refractivity contribution < 1.29 is 28.9 Å². The molecule has 0 aromatic heterocycles. The van der Waals surface area contributed by atoms with Gasteiger partial charge in [-0.15, -0.1) is 0 Å². The molecule has 0 radical (unpaired) electrons. The summed E-state index contributed by atoms with van der Waals surface area (Å²) in [6.45, 7) is 5.43. The maximum atomic E-state index is 12.6. The molecule has 0 aliphatic carbocycles. The second-order valence-electron chi connectivity index (χ2n) is 6.01. The maximum absolute atomic E-state index is 12.6. The first kappa shape index (κ1) is 19.6. The van der Waals surface area contributed by atoms with Crippen molar-refractivity contribution in [3.8, 4) is 17.2 Å². The number of rotatable bonds is 8. The van der Waals surface area contributed by atoms with Gasteiger partial charge in [0.1, 0.15) is 0 Å². The normalized spacial score (nSPS) is 13.1.